The van der Waals surface area contributed by atoms with Gasteiger partial charge in [-0.1, -0.05) is 82.6 Å². The molecule has 0 aliphatic heterocycles. The van der Waals surface area contributed by atoms with Crippen molar-refractivity contribution in [1.82, 2.24) is 9.97 Å². The van der Waals surface area contributed by atoms with E-state index in [-0.39, 0.29) is 5.97 Å². The number of carbonyl (C=O) groups is 1. The Morgan fingerprint density at radius 3 is 2.17 bits per heavy atom. The summed E-state index contributed by atoms with van der Waals surface area (Å²) in [5.74, 6) is 2.54. The summed E-state index contributed by atoms with van der Waals surface area (Å²) in [5, 5.41) is 0. The molecule has 0 N–H and O–H groups in total. The number of hydrogen-bond donors (Lipinski definition) is 0. The largest absolute Gasteiger partial charge is 0.423 e. The highest BCUT2D eigenvalue weighted by Crippen LogP contribution is 2.34. The summed E-state index contributed by atoms with van der Waals surface area (Å²) in [5.41, 5.74) is 2.37. The maximum Gasteiger partial charge on any atom is 0.308 e. The highest BCUT2D eigenvalue weighted by Gasteiger charge is 2.20. The molecule has 1 aromatic carbocycles. The van der Waals surface area contributed by atoms with Gasteiger partial charge in [0.25, 0.3) is 0 Å². The second-order valence-electron chi connectivity index (χ2n) is 8.45. The minimum Gasteiger partial charge on any atom is -0.423 e. The molecule has 0 spiro atoms. The standard InChI is InChI=1S/C25H34N2O2/c1-3-4-5-6-20-7-9-21(10-8-20)11-12-22-13-15-23(16-14-22)25-26-17-24(18-27-25)29-19(2)28/h13-18,20-21H,3-12H2,1-2H3. The van der Waals surface area contributed by atoms with Crippen LogP contribution in [0.25, 0.3) is 11.4 Å². The summed E-state index contributed by atoms with van der Waals surface area (Å²) in [6.07, 6.45) is 16.8. The fourth-order valence-electron chi connectivity index (χ4n) is 4.37. The van der Waals surface area contributed by atoms with Gasteiger partial charge in [0.05, 0.1) is 12.4 Å². The van der Waals surface area contributed by atoms with E-state index in [4.69, 9.17) is 4.74 Å². The van der Waals surface area contributed by atoms with Gasteiger partial charge in [-0.25, -0.2) is 9.97 Å². The quantitative estimate of drug-likeness (QED) is 0.365. The highest BCUT2D eigenvalue weighted by atomic mass is 16.5. The van der Waals surface area contributed by atoms with Crippen molar-refractivity contribution in [3.05, 3.63) is 42.2 Å². The third kappa shape index (κ3) is 6.95. The molecule has 0 bridgehead atoms. The van der Waals surface area contributed by atoms with Gasteiger partial charge in [-0.05, 0) is 30.2 Å². The Morgan fingerprint density at radius 2 is 1.59 bits per heavy atom. The number of carbonyl (C=O) groups excluding carboxylic acids is 1. The summed E-state index contributed by atoms with van der Waals surface area (Å²) < 4.78 is 4.98. The number of benzene rings is 1. The van der Waals surface area contributed by atoms with Crippen molar-refractivity contribution in [3.8, 4) is 17.1 Å². The zero-order valence-electron chi connectivity index (χ0n) is 17.9. The molecule has 0 radical (unpaired) electrons. The van der Waals surface area contributed by atoms with E-state index in [1.807, 2.05) is 0 Å². The first-order chi connectivity index (χ1) is 14.1. The Morgan fingerprint density at radius 1 is 0.966 bits per heavy atom. The van der Waals surface area contributed by atoms with Gasteiger partial charge >= 0.3 is 5.97 Å². The van der Waals surface area contributed by atoms with Gasteiger partial charge in [0, 0.05) is 12.5 Å². The molecule has 4 heteroatoms. The predicted molar refractivity (Wildman–Crippen MR) is 117 cm³/mol. The minimum atomic E-state index is -0.365. The number of aryl methyl sites for hydroxylation is 1. The number of unbranched alkanes of at least 4 members (excludes halogenated alkanes) is 2. The van der Waals surface area contributed by atoms with E-state index in [1.54, 1.807) is 0 Å². The van der Waals surface area contributed by atoms with Crippen LogP contribution in [0.5, 0.6) is 5.75 Å². The van der Waals surface area contributed by atoms with Crippen LogP contribution in [0, 0.1) is 11.8 Å². The lowest BCUT2D eigenvalue weighted by atomic mass is 9.78. The van der Waals surface area contributed by atoms with E-state index in [0.29, 0.717) is 11.6 Å². The van der Waals surface area contributed by atoms with Gasteiger partial charge in [0.1, 0.15) is 0 Å². The van der Waals surface area contributed by atoms with Crippen LogP contribution in [-0.4, -0.2) is 15.9 Å². The maximum atomic E-state index is 11.0. The van der Waals surface area contributed by atoms with Crippen LogP contribution in [0.3, 0.4) is 0 Å². The Labute approximate surface area is 175 Å². The Bertz CT molecular complexity index is 747. The van der Waals surface area contributed by atoms with Crippen molar-refractivity contribution in [2.45, 2.75) is 78.1 Å². The molecule has 156 valence electrons. The number of hydrogen-bond acceptors (Lipinski definition) is 4. The van der Waals surface area contributed by atoms with E-state index in [1.165, 1.54) is 82.7 Å². The summed E-state index contributed by atoms with van der Waals surface area (Å²) in [6, 6.07) is 8.55. The van der Waals surface area contributed by atoms with Crippen molar-refractivity contribution in [2.24, 2.45) is 11.8 Å². The molecule has 1 heterocycles. The number of nitrogens with zero attached hydrogens (tertiary/aromatic N) is 2. The average molecular weight is 395 g/mol. The Balaban J connectivity index is 1.43. The predicted octanol–water partition coefficient (Wildman–Crippen LogP) is 6.39. The average Bonchev–Trinajstić information content (AvgIpc) is 2.74. The Hall–Kier alpha value is -2.23. The molecule has 0 unspecified atom stereocenters. The zero-order chi connectivity index (χ0) is 20.5. The van der Waals surface area contributed by atoms with Gasteiger partial charge in [-0.2, -0.15) is 0 Å². The van der Waals surface area contributed by atoms with Crippen LogP contribution >= 0.6 is 0 Å². The fraction of sp³-hybridized carbons (Fsp3) is 0.560. The van der Waals surface area contributed by atoms with Crippen molar-refractivity contribution in [2.75, 3.05) is 0 Å². The summed E-state index contributed by atoms with van der Waals surface area (Å²) >= 11 is 0. The highest BCUT2D eigenvalue weighted by molar-refractivity contribution is 5.69. The van der Waals surface area contributed by atoms with Crippen LogP contribution in [0.4, 0.5) is 0 Å². The van der Waals surface area contributed by atoms with Crippen molar-refractivity contribution in [3.63, 3.8) is 0 Å². The molecular weight excluding hydrogens is 360 g/mol. The smallest absolute Gasteiger partial charge is 0.308 e. The molecule has 3 rings (SSSR count). The third-order valence-corrected chi connectivity index (χ3v) is 6.13. The second-order valence-corrected chi connectivity index (χ2v) is 8.45. The first-order valence-electron chi connectivity index (χ1n) is 11.2. The molecule has 2 aromatic rings. The van der Waals surface area contributed by atoms with E-state index < -0.39 is 0 Å². The fourth-order valence-corrected chi connectivity index (χ4v) is 4.37. The normalized spacial score (nSPS) is 19.1. The summed E-state index contributed by atoms with van der Waals surface area (Å²) in [7, 11) is 0. The lowest BCUT2D eigenvalue weighted by molar-refractivity contribution is -0.131. The van der Waals surface area contributed by atoms with E-state index >= 15 is 0 Å². The summed E-state index contributed by atoms with van der Waals surface area (Å²) in [6.45, 7) is 3.66. The minimum absolute atomic E-state index is 0.365. The number of aromatic nitrogens is 2. The molecule has 1 fully saturated rings. The molecule has 1 aliphatic carbocycles. The molecule has 1 aromatic heterocycles. The van der Waals surface area contributed by atoms with Crippen LogP contribution in [-0.2, 0) is 11.2 Å². The van der Waals surface area contributed by atoms with Gasteiger partial charge in [-0.3, -0.25) is 4.79 Å². The molecule has 1 aliphatic rings. The van der Waals surface area contributed by atoms with E-state index in [2.05, 4.69) is 41.2 Å². The van der Waals surface area contributed by atoms with Crippen LogP contribution < -0.4 is 4.74 Å². The number of ether oxygens (including phenoxy) is 1. The van der Waals surface area contributed by atoms with E-state index in [9.17, 15) is 4.79 Å². The van der Waals surface area contributed by atoms with Crippen molar-refractivity contribution < 1.29 is 9.53 Å². The van der Waals surface area contributed by atoms with Crippen molar-refractivity contribution in [1.29, 1.82) is 0 Å². The van der Waals surface area contributed by atoms with Gasteiger partial charge < -0.3 is 4.74 Å². The first kappa shape index (κ1) is 21.5. The lowest BCUT2D eigenvalue weighted by Crippen LogP contribution is -2.15. The van der Waals surface area contributed by atoms with Crippen LogP contribution in [0.2, 0.25) is 0 Å². The second kappa shape index (κ2) is 11.1. The molecular formula is C25H34N2O2. The van der Waals surface area contributed by atoms with Crippen LogP contribution in [0.1, 0.15) is 77.2 Å². The zero-order valence-corrected chi connectivity index (χ0v) is 17.9. The van der Waals surface area contributed by atoms with Crippen molar-refractivity contribution >= 4 is 5.97 Å². The van der Waals surface area contributed by atoms with Gasteiger partial charge in [0.15, 0.2) is 11.6 Å². The molecule has 0 amide bonds. The summed E-state index contributed by atoms with van der Waals surface area (Å²) in [4.78, 5) is 19.6. The molecule has 4 nitrogen and oxygen atoms in total. The number of rotatable bonds is 9. The topological polar surface area (TPSA) is 52.1 Å². The number of esters is 1. The lowest BCUT2D eigenvalue weighted by Gasteiger charge is -2.28. The molecule has 29 heavy (non-hydrogen) atoms. The first-order valence-corrected chi connectivity index (χ1v) is 11.2. The monoisotopic (exact) mass is 394 g/mol. The SMILES string of the molecule is CCCCCC1CCC(CCc2ccc(-c3ncc(OC(C)=O)cn3)cc2)CC1. The third-order valence-electron chi connectivity index (χ3n) is 6.13. The maximum absolute atomic E-state index is 11.0. The molecule has 0 saturated heterocycles. The van der Waals surface area contributed by atoms with Gasteiger partial charge in [0.2, 0.25) is 0 Å². The van der Waals surface area contributed by atoms with E-state index in [0.717, 1.165) is 23.8 Å². The Kier molecular flexibility index (Phi) is 8.21. The van der Waals surface area contributed by atoms with Crippen LogP contribution in [0.15, 0.2) is 36.7 Å². The molecule has 0 atom stereocenters. The van der Waals surface area contributed by atoms with Gasteiger partial charge in [-0.15, -0.1) is 0 Å². The molecule has 1 saturated carbocycles.